The Labute approximate surface area is 69.2 Å². The largest absolute Gasteiger partial charge is 0.394 e. The van der Waals surface area contributed by atoms with E-state index in [4.69, 9.17) is 5.11 Å². The molecule has 1 aliphatic carbocycles. The van der Waals surface area contributed by atoms with Crippen molar-refractivity contribution in [1.82, 2.24) is 4.90 Å². The van der Waals surface area contributed by atoms with Crippen molar-refractivity contribution in [3.63, 3.8) is 0 Å². The molecule has 0 atom stereocenters. The number of aliphatic hydroxyl groups is 1. The third kappa shape index (κ3) is 2.46. The molecule has 0 aromatic heterocycles. The van der Waals surface area contributed by atoms with Gasteiger partial charge in [0.25, 0.3) is 0 Å². The molecule has 0 aliphatic heterocycles. The van der Waals surface area contributed by atoms with E-state index in [1.165, 1.54) is 12.8 Å². The summed E-state index contributed by atoms with van der Waals surface area (Å²) >= 11 is 0. The molecule has 1 rings (SSSR count). The van der Waals surface area contributed by atoms with Crippen LogP contribution in [0.5, 0.6) is 0 Å². The Morgan fingerprint density at radius 2 is 2.00 bits per heavy atom. The van der Waals surface area contributed by atoms with Gasteiger partial charge in [0, 0.05) is 12.1 Å². The van der Waals surface area contributed by atoms with Gasteiger partial charge in [0.05, 0.1) is 6.61 Å². The molecule has 1 N–H and O–H groups in total. The second-order valence-corrected chi connectivity index (χ2v) is 4.29. The monoisotopic (exact) mass is 157 g/mol. The van der Waals surface area contributed by atoms with Crippen LogP contribution in [0.25, 0.3) is 0 Å². The highest BCUT2D eigenvalue weighted by Gasteiger charge is 2.29. The van der Waals surface area contributed by atoms with E-state index in [0.29, 0.717) is 0 Å². The van der Waals surface area contributed by atoms with Crippen molar-refractivity contribution < 1.29 is 5.11 Å². The minimum Gasteiger partial charge on any atom is -0.394 e. The second kappa shape index (κ2) is 3.11. The summed E-state index contributed by atoms with van der Waals surface area (Å²) < 4.78 is 0. The van der Waals surface area contributed by atoms with Gasteiger partial charge in [-0.2, -0.15) is 0 Å². The average Bonchev–Trinajstić information content (AvgIpc) is 2.72. The topological polar surface area (TPSA) is 23.5 Å². The fourth-order valence-electron chi connectivity index (χ4n) is 1.06. The van der Waals surface area contributed by atoms with Crippen LogP contribution in [-0.2, 0) is 0 Å². The Bertz CT molecular complexity index is 130. The summed E-state index contributed by atoms with van der Waals surface area (Å²) in [5.41, 5.74) is -0.0391. The van der Waals surface area contributed by atoms with Crippen molar-refractivity contribution in [1.29, 1.82) is 0 Å². The lowest BCUT2D eigenvalue weighted by atomic mass is 10.1. The van der Waals surface area contributed by atoms with Crippen molar-refractivity contribution in [3.8, 4) is 0 Å². The smallest absolute Gasteiger partial charge is 0.0609 e. The lowest BCUT2D eigenvalue weighted by Gasteiger charge is -2.33. The van der Waals surface area contributed by atoms with Gasteiger partial charge >= 0.3 is 0 Å². The van der Waals surface area contributed by atoms with Crippen LogP contribution in [0.2, 0.25) is 0 Å². The molecule has 2 nitrogen and oxygen atoms in total. The van der Waals surface area contributed by atoms with E-state index in [1.807, 2.05) is 0 Å². The zero-order chi connectivity index (χ0) is 8.48. The van der Waals surface area contributed by atoms with Crippen molar-refractivity contribution in [2.75, 3.05) is 20.2 Å². The standard InChI is InChI=1S/C9H19NO/c1-9(2,7-11)10(3)6-8-4-5-8/h8,11H,4-7H2,1-3H3. The number of rotatable bonds is 4. The van der Waals surface area contributed by atoms with Gasteiger partial charge < -0.3 is 5.11 Å². The van der Waals surface area contributed by atoms with Crippen LogP contribution in [0.1, 0.15) is 26.7 Å². The van der Waals surface area contributed by atoms with Crippen molar-refractivity contribution >= 4 is 0 Å². The van der Waals surface area contributed by atoms with Crippen molar-refractivity contribution in [2.45, 2.75) is 32.2 Å². The highest BCUT2D eigenvalue weighted by atomic mass is 16.3. The first-order valence-electron chi connectivity index (χ1n) is 4.38. The molecular weight excluding hydrogens is 138 g/mol. The number of nitrogens with zero attached hydrogens (tertiary/aromatic N) is 1. The molecule has 2 heteroatoms. The summed E-state index contributed by atoms with van der Waals surface area (Å²) in [7, 11) is 2.09. The maximum absolute atomic E-state index is 9.06. The van der Waals surface area contributed by atoms with Crippen LogP contribution in [0, 0.1) is 5.92 Å². The zero-order valence-corrected chi connectivity index (χ0v) is 7.80. The van der Waals surface area contributed by atoms with Gasteiger partial charge in [0.15, 0.2) is 0 Å². The molecule has 66 valence electrons. The Balaban J connectivity index is 2.31. The van der Waals surface area contributed by atoms with Crippen LogP contribution < -0.4 is 0 Å². The normalized spacial score (nSPS) is 19.4. The minimum atomic E-state index is -0.0391. The molecule has 0 amide bonds. The SMILES string of the molecule is CN(CC1CC1)C(C)(C)CO. The van der Waals surface area contributed by atoms with E-state index in [2.05, 4.69) is 25.8 Å². The molecule has 0 aromatic rings. The average molecular weight is 157 g/mol. The third-order valence-electron chi connectivity index (χ3n) is 2.65. The summed E-state index contributed by atoms with van der Waals surface area (Å²) in [6, 6.07) is 0. The predicted molar refractivity (Wildman–Crippen MR) is 46.5 cm³/mol. The summed E-state index contributed by atoms with van der Waals surface area (Å²) in [4.78, 5) is 2.25. The Morgan fingerprint density at radius 1 is 1.45 bits per heavy atom. The molecule has 1 saturated carbocycles. The van der Waals surface area contributed by atoms with Crippen LogP contribution >= 0.6 is 0 Å². The quantitative estimate of drug-likeness (QED) is 0.660. The zero-order valence-electron chi connectivity index (χ0n) is 7.80. The Kier molecular flexibility index (Phi) is 2.55. The van der Waals surface area contributed by atoms with Crippen molar-refractivity contribution in [2.24, 2.45) is 5.92 Å². The maximum atomic E-state index is 9.06. The van der Waals surface area contributed by atoms with Gasteiger partial charge in [-0.05, 0) is 39.7 Å². The molecular formula is C9H19NO. The first kappa shape index (κ1) is 9.01. The molecule has 1 aliphatic rings. The number of hydrogen-bond donors (Lipinski definition) is 1. The van der Waals surface area contributed by atoms with Gasteiger partial charge in [-0.15, -0.1) is 0 Å². The number of hydrogen-bond acceptors (Lipinski definition) is 2. The fraction of sp³-hybridized carbons (Fsp3) is 1.00. The van der Waals surface area contributed by atoms with Crippen LogP contribution in [0.3, 0.4) is 0 Å². The Hall–Kier alpha value is -0.0800. The second-order valence-electron chi connectivity index (χ2n) is 4.29. The first-order valence-corrected chi connectivity index (χ1v) is 4.38. The maximum Gasteiger partial charge on any atom is 0.0609 e. The minimum absolute atomic E-state index is 0.0391. The van der Waals surface area contributed by atoms with E-state index >= 15 is 0 Å². The van der Waals surface area contributed by atoms with E-state index in [1.54, 1.807) is 0 Å². The van der Waals surface area contributed by atoms with Gasteiger partial charge in [0.2, 0.25) is 0 Å². The van der Waals surface area contributed by atoms with Crippen LogP contribution in [0.4, 0.5) is 0 Å². The summed E-state index contributed by atoms with van der Waals surface area (Å²) in [5, 5.41) is 9.06. The lowest BCUT2D eigenvalue weighted by Crippen LogP contribution is -2.45. The van der Waals surface area contributed by atoms with E-state index in [-0.39, 0.29) is 12.1 Å². The number of aliphatic hydroxyl groups excluding tert-OH is 1. The van der Waals surface area contributed by atoms with Crippen LogP contribution in [0.15, 0.2) is 0 Å². The predicted octanol–water partition coefficient (Wildman–Crippen LogP) is 1.10. The first-order chi connectivity index (χ1) is 5.06. The van der Waals surface area contributed by atoms with E-state index in [9.17, 15) is 0 Å². The highest BCUT2D eigenvalue weighted by Crippen LogP contribution is 2.31. The molecule has 0 saturated heterocycles. The van der Waals surface area contributed by atoms with E-state index < -0.39 is 0 Å². The van der Waals surface area contributed by atoms with Gasteiger partial charge in [-0.25, -0.2) is 0 Å². The van der Waals surface area contributed by atoms with E-state index in [0.717, 1.165) is 12.5 Å². The molecule has 0 heterocycles. The summed E-state index contributed by atoms with van der Waals surface area (Å²) in [6.45, 7) is 5.55. The molecule has 0 spiro atoms. The molecule has 11 heavy (non-hydrogen) atoms. The highest BCUT2D eigenvalue weighted by molar-refractivity contribution is 4.83. The molecule has 0 radical (unpaired) electrons. The van der Waals surface area contributed by atoms with Crippen LogP contribution in [-0.4, -0.2) is 35.7 Å². The number of likely N-dealkylation sites (N-methyl/N-ethyl adjacent to an activating group) is 1. The third-order valence-corrected chi connectivity index (χ3v) is 2.65. The van der Waals surface area contributed by atoms with Gasteiger partial charge in [0.1, 0.15) is 0 Å². The molecule has 0 aromatic carbocycles. The summed E-state index contributed by atoms with van der Waals surface area (Å²) in [6.07, 6.45) is 2.76. The molecule has 1 fully saturated rings. The lowest BCUT2D eigenvalue weighted by molar-refractivity contribution is 0.0755. The van der Waals surface area contributed by atoms with Crippen molar-refractivity contribution in [3.05, 3.63) is 0 Å². The Morgan fingerprint density at radius 3 is 2.36 bits per heavy atom. The fourth-order valence-corrected chi connectivity index (χ4v) is 1.06. The van der Waals surface area contributed by atoms with Gasteiger partial charge in [-0.1, -0.05) is 0 Å². The summed E-state index contributed by atoms with van der Waals surface area (Å²) in [5.74, 6) is 0.908. The molecule has 0 unspecified atom stereocenters. The van der Waals surface area contributed by atoms with Gasteiger partial charge in [-0.3, -0.25) is 4.90 Å². The molecule has 0 bridgehead atoms.